The van der Waals surface area contributed by atoms with Crippen molar-refractivity contribution in [2.24, 2.45) is 11.3 Å². The van der Waals surface area contributed by atoms with Crippen LogP contribution in [0.3, 0.4) is 0 Å². The number of hydrogen-bond donors (Lipinski definition) is 1. The van der Waals surface area contributed by atoms with E-state index in [2.05, 4.69) is 37.9 Å². The molecule has 1 fully saturated rings. The summed E-state index contributed by atoms with van der Waals surface area (Å²) in [5.41, 5.74) is 2.19. The number of benzene rings is 1. The second-order valence-corrected chi connectivity index (χ2v) is 7.22. The van der Waals surface area contributed by atoms with Crippen molar-refractivity contribution in [3.63, 3.8) is 0 Å². The lowest BCUT2D eigenvalue weighted by Gasteiger charge is -2.28. The molecule has 1 aromatic carbocycles. The smallest absolute Gasteiger partial charge is 0.146 e. The molecule has 1 aliphatic heterocycles. The van der Waals surface area contributed by atoms with Crippen LogP contribution in [0.5, 0.6) is 0 Å². The third kappa shape index (κ3) is 3.97. The summed E-state index contributed by atoms with van der Waals surface area (Å²) in [5.74, 6) is 0.550. The van der Waals surface area contributed by atoms with E-state index in [0.29, 0.717) is 11.3 Å². The molecule has 0 bridgehead atoms. The Morgan fingerprint density at radius 2 is 2.10 bits per heavy atom. The van der Waals surface area contributed by atoms with Crippen molar-refractivity contribution < 1.29 is 4.39 Å². The van der Waals surface area contributed by atoms with Gasteiger partial charge in [-0.05, 0) is 42.3 Å². The van der Waals surface area contributed by atoms with Crippen LogP contribution in [0.2, 0.25) is 0 Å². The van der Waals surface area contributed by atoms with Crippen LogP contribution in [-0.4, -0.2) is 19.6 Å². The number of nitrogens with one attached hydrogen (secondary N) is 1. The quantitative estimate of drug-likeness (QED) is 0.818. The number of halogens is 1. The van der Waals surface area contributed by atoms with Gasteiger partial charge in [-0.25, -0.2) is 4.39 Å². The fraction of sp³-hybridized carbons (Fsp3) is 0.667. The Hall–Kier alpha value is -1.09. The van der Waals surface area contributed by atoms with Crippen LogP contribution >= 0.6 is 0 Å². The van der Waals surface area contributed by atoms with E-state index >= 15 is 0 Å². The number of nitrogens with zero attached hydrogens (tertiary/aromatic N) is 1. The van der Waals surface area contributed by atoms with Crippen LogP contribution in [0, 0.1) is 17.2 Å². The van der Waals surface area contributed by atoms with Gasteiger partial charge in [0.1, 0.15) is 5.82 Å². The summed E-state index contributed by atoms with van der Waals surface area (Å²) in [6.07, 6.45) is 2.25. The van der Waals surface area contributed by atoms with Gasteiger partial charge in [0.25, 0.3) is 0 Å². The Bertz CT molecular complexity index is 465. The molecule has 1 atom stereocenters. The molecule has 1 N–H and O–H groups in total. The van der Waals surface area contributed by atoms with Crippen molar-refractivity contribution in [1.82, 2.24) is 5.32 Å². The van der Waals surface area contributed by atoms with Gasteiger partial charge in [-0.1, -0.05) is 39.8 Å². The maximum absolute atomic E-state index is 14.4. The third-order valence-corrected chi connectivity index (χ3v) is 4.54. The highest BCUT2D eigenvalue weighted by atomic mass is 19.1. The van der Waals surface area contributed by atoms with E-state index in [4.69, 9.17) is 0 Å². The largest absolute Gasteiger partial charge is 0.369 e. The highest BCUT2D eigenvalue weighted by molar-refractivity contribution is 5.55. The normalized spacial score (nSPS) is 19.3. The topological polar surface area (TPSA) is 15.3 Å². The molecule has 1 aromatic rings. The molecule has 2 nitrogen and oxygen atoms in total. The molecule has 0 saturated carbocycles. The van der Waals surface area contributed by atoms with Crippen LogP contribution in [0.1, 0.15) is 46.1 Å². The predicted molar refractivity (Wildman–Crippen MR) is 88.2 cm³/mol. The number of rotatable bonds is 5. The monoisotopic (exact) mass is 292 g/mol. The summed E-state index contributed by atoms with van der Waals surface area (Å²) in [5, 5.41) is 3.39. The maximum atomic E-state index is 14.4. The van der Waals surface area contributed by atoms with Gasteiger partial charge in [0.05, 0.1) is 5.69 Å². The van der Waals surface area contributed by atoms with E-state index in [1.807, 2.05) is 12.1 Å². The van der Waals surface area contributed by atoms with Crippen LogP contribution < -0.4 is 10.2 Å². The minimum Gasteiger partial charge on any atom is -0.369 e. The predicted octanol–water partition coefficient (Wildman–Crippen LogP) is 4.20. The van der Waals surface area contributed by atoms with Crippen LogP contribution in [0.25, 0.3) is 0 Å². The van der Waals surface area contributed by atoms with E-state index in [-0.39, 0.29) is 5.82 Å². The summed E-state index contributed by atoms with van der Waals surface area (Å²) in [6, 6.07) is 5.45. The number of hydrogen-bond acceptors (Lipinski definition) is 2. The van der Waals surface area contributed by atoms with Crippen molar-refractivity contribution in [2.75, 3.05) is 24.5 Å². The summed E-state index contributed by atoms with van der Waals surface area (Å²) < 4.78 is 14.4. The average molecular weight is 292 g/mol. The average Bonchev–Trinajstić information content (AvgIpc) is 2.88. The zero-order chi connectivity index (χ0) is 15.5. The number of anilines is 1. The fourth-order valence-corrected chi connectivity index (χ4v) is 3.13. The lowest BCUT2D eigenvalue weighted by molar-refractivity contribution is 0.263. The highest BCUT2D eigenvalue weighted by Crippen LogP contribution is 2.37. The fourth-order valence-electron chi connectivity index (χ4n) is 3.13. The van der Waals surface area contributed by atoms with E-state index in [0.717, 1.165) is 50.3 Å². The molecule has 3 heteroatoms. The zero-order valence-electron chi connectivity index (χ0n) is 13.9. The van der Waals surface area contributed by atoms with E-state index in [1.54, 1.807) is 6.07 Å². The second kappa shape index (κ2) is 6.78. The second-order valence-electron chi connectivity index (χ2n) is 7.22. The first-order valence-corrected chi connectivity index (χ1v) is 8.16. The molecule has 1 heterocycles. The Labute approximate surface area is 128 Å². The van der Waals surface area contributed by atoms with Crippen LogP contribution in [-0.2, 0) is 6.54 Å². The van der Waals surface area contributed by atoms with Crippen LogP contribution in [0.15, 0.2) is 18.2 Å². The molecule has 2 rings (SSSR count). The number of para-hydroxylation sites is 1. The van der Waals surface area contributed by atoms with Crippen molar-refractivity contribution in [1.29, 1.82) is 0 Å². The molecule has 0 aliphatic carbocycles. The first-order valence-electron chi connectivity index (χ1n) is 8.16. The summed E-state index contributed by atoms with van der Waals surface area (Å²) in [7, 11) is 0. The first-order chi connectivity index (χ1) is 9.93. The van der Waals surface area contributed by atoms with Gasteiger partial charge in [0.2, 0.25) is 0 Å². The molecule has 1 saturated heterocycles. The van der Waals surface area contributed by atoms with Crippen molar-refractivity contribution in [3.8, 4) is 0 Å². The minimum atomic E-state index is -0.0830. The van der Waals surface area contributed by atoms with Gasteiger partial charge in [-0.3, -0.25) is 0 Å². The van der Waals surface area contributed by atoms with Crippen molar-refractivity contribution in [3.05, 3.63) is 29.6 Å². The van der Waals surface area contributed by atoms with Crippen molar-refractivity contribution >= 4 is 5.69 Å². The molecule has 1 aliphatic rings. The van der Waals surface area contributed by atoms with E-state index < -0.39 is 0 Å². The molecule has 0 radical (unpaired) electrons. The molecule has 1 unspecified atom stereocenters. The van der Waals surface area contributed by atoms with Gasteiger partial charge in [-0.2, -0.15) is 0 Å². The Kier molecular flexibility index (Phi) is 5.26. The molecule has 0 amide bonds. The lowest BCUT2D eigenvalue weighted by Crippen LogP contribution is -2.28. The van der Waals surface area contributed by atoms with Crippen molar-refractivity contribution in [2.45, 2.75) is 47.1 Å². The van der Waals surface area contributed by atoms with Crippen LogP contribution in [0.4, 0.5) is 10.1 Å². The molecule has 0 aromatic heterocycles. The lowest BCUT2D eigenvalue weighted by atomic mass is 9.80. The molecular weight excluding hydrogens is 263 g/mol. The summed E-state index contributed by atoms with van der Waals surface area (Å²) in [6.45, 7) is 12.6. The van der Waals surface area contributed by atoms with Gasteiger partial charge in [-0.15, -0.1) is 0 Å². The van der Waals surface area contributed by atoms with E-state index in [9.17, 15) is 4.39 Å². The summed E-state index contributed by atoms with van der Waals surface area (Å²) in [4.78, 5) is 2.24. The maximum Gasteiger partial charge on any atom is 0.146 e. The van der Waals surface area contributed by atoms with Gasteiger partial charge in [0, 0.05) is 19.6 Å². The van der Waals surface area contributed by atoms with Gasteiger partial charge in [0.15, 0.2) is 0 Å². The highest BCUT2D eigenvalue weighted by Gasteiger charge is 2.33. The molecule has 0 spiro atoms. The Morgan fingerprint density at radius 1 is 1.33 bits per heavy atom. The minimum absolute atomic E-state index is 0.0830. The molecular formula is C18H29FN2. The SMILES string of the molecule is CCCNCc1cccc(F)c1N1CCC(C(C)(C)C)C1. The van der Waals surface area contributed by atoms with E-state index in [1.165, 1.54) is 0 Å². The Morgan fingerprint density at radius 3 is 2.71 bits per heavy atom. The third-order valence-electron chi connectivity index (χ3n) is 4.54. The van der Waals surface area contributed by atoms with Gasteiger partial charge >= 0.3 is 0 Å². The van der Waals surface area contributed by atoms with Gasteiger partial charge < -0.3 is 10.2 Å². The molecule has 21 heavy (non-hydrogen) atoms. The molecule has 118 valence electrons. The Balaban J connectivity index is 2.15. The zero-order valence-corrected chi connectivity index (χ0v) is 13.9. The standard InChI is InChI=1S/C18H29FN2/c1-5-10-20-12-14-7-6-8-16(19)17(14)21-11-9-15(13-21)18(2,3)4/h6-8,15,20H,5,9-13H2,1-4H3. The summed E-state index contributed by atoms with van der Waals surface area (Å²) >= 11 is 0. The first kappa shape index (κ1) is 16.3.